The predicted octanol–water partition coefficient (Wildman–Crippen LogP) is 0.914. The van der Waals surface area contributed by atoms with Crippen molar-refractivity contribution in [2.75, 3.05) is 32.8 Å². The first-order valence-electron chi connectivity index (χ1n) is 7.29. The van der Waals surface area contributed by atoms with Crippen molar-refractivity contribution in [1.82, 2.24) is 4.90 Å². The van der Waals surface area contributed by atoms with E-state index in [1.165, 1.54) is 12.8 Å². The molecule has 5 heteroatoms. The van der Waals surface area contributed by atoms with Gasteiger partial charge in [0, 0.05) is 12.6 Å². The van der Waals surface area contributed by atoms with Gasteiger partial charge in [0.2, 0.25) is 0 Å². The summed E-state index contributed by atoms with van der Waals surface area (Å²) in [6, 6.07) is 5.26. The zero-order valence-electron chi connectivity index (χ0n) is 11.6. The molecule has 2 atom stereocenters. The molecule has 3 rings (SSSR count). The number of fused-ring (bicyclic) bond motifs is 1. The summed E-state index contributed by atoms with van der Waals surface area (Å²) >= 11 is 0. The minimum absolute atomic E-state index is 0.282. The average Bonchev–Trinajstić information content (AvgIpc) is 2.99. The van der Waals surface area contributed by atoms with Crippen molar-refractivity contribution < 1.29 is 14.6 Å². The molecule has 2 aliphatic rings. The lowest BCUT2D eigenvalue weighted by Crippen LogP contribution is -2.40. The molecule has 1 fully saturated rings. The fraction of sp³-hybridized carbons (Fsp3) is 0.600. The number of hydrogen-bond donors (Lipinski definition) is 2. The third-order valence-electron chi connectivity index (χ3n) is 3.98. The van der Waals surface area contributed by atoms with Crippen LogP contribution in [0.5, 0.6) is 11.5 Å². The van der Waals surface area contributed by atoms with Crippen LogP contribution in [0.3, 0.4) is 0 Å². The van der Waals surface area contributed by atoms with E-state index in [9.17, 15) is 5.11 Å². The van der Waals surface area contributed by atoms with Crippen molar-refractivity contribution in [3.05, 3.63) is 23.8 Å². The standard InChI is InChI=1S/C15H22N2O3/c16-12(10-17-5-1-2-6-17)15(18)11-3-4-13-14(9-11)20-8-7-19-13/h3-4,9,12,15,18H,1-2,5-8,10,16H2/t12-,15?/m1/s1. The van der Waals surface area contributed by atoms with Gasteiger partial charge in [-0.3, -0.25) is 0 Å². The van der Waals surface area contributed by atoms with Gasteiger partial charge in [0.1, 0.15) is 13.2 Å². The lowest BCUT2D eigenvalue weighted by atomic mass is 10.0. The van der Waals surface area contributed by atoms with Crippen LogP contribution in [-0.4, -0.2) is 48.9 Å². The molecule has 2 aliphatic heterocycles. The average molecular weight is 278 g/mol. The molecule has 3 N–H and O–H groups in total. The minimum atomic E-state index is -0.675. The van der Waals surface area contributed by atoms with E-state index in [0.29, 0.717) is 19.0 Å². The summed E-state index contributed by atoms with van der Waals surface area (Å²) in [7, 11) is 0. The third kappa shape index (κ3) is 2.90. The smallest absolute Gasteiger partial charge is 0.161 e. The molecule has 0 amide bonds. The van der Waals surface area contributed by atoms with Gasteiger partial charge >= 0.3 is 0 Å². The van der Waals surface area contributed by atoms with Crippen molar-refractivity contribution in [2.45, 2.75) is 25.0 Å². The van der Waals surface area contributed by atoms with E-state index in [1.54, 1.807) is 0 Å². The molecule has 0 aliphatic carbocycles. The molecule has 1 aromatic carbocycles. The van der Waals surface area contributed by atoms with Gasteiger partial charge in [-0.25, -0.2) is 0 Å². The topological polar surface area (TPSA) is 68.0 Å². The largest absolute Gasteiger partial charge is 0.486 e. The van der Waals surface area contributed by atoms with E-state index >= 15 is 0 Å². The molecule has 0 radical (unpaired) electrons. The number of nitrogens with two attached hydrogens (primary N) is 1. The van der Waals surface area contributed by atoms with E-state index in [0.717, 1.165) is 30.9 Å². The number of nitrogens with zero attached hydrogens (tertiary/aromatic N) is 1. The molecule has 5 nitrogen and oxygen atoms in total. The van der Waals surface area contributed by atoms with E-state index in [2.05, 4.69) is 4.90 Å². The lowest BCUT2D eigenvalue weighted by molar-refractivity contribution is 0.124. The fourth-order valence-electron chi connectivity index (χ4n) is 2.85. The Morgan fingerprint density at radius 1 is 1.15 bits per heavy atom. The van der Waals surface area contributed by atoms with Crippen molar-refractivity contribution in [3.63, 3.8) is 0 Å². The molecule has 0 saturated carbocycles. The number of aliphatic hydroxyl groups excluding tert-OH is 1. The molecule has 0 aromatic heterocycles. The Morgan fingerprint density at radius 3 is 2.60 bits per heavy atom. The molecule has 2 heterocycles. The van der Waals surface area contributed by atoms with E-state index in [4.69, 9.17) is 15.2 Å². The van der Waals surface area contributed by atoms with Crippen LogP contribution in [0.25, 0.3) is 0 Å². The fourth-order valence-corrected chi connectivity index (χ4v) is 2.85. The maximum absolute atomic E-state index is 10.4. The third-order valence-corrected chi connectivity index (χ3v) is 3.98. The van der Waals surface area contributed by atoms with Gasteiger partial charge < -0.3 is 25.2 Å². The van der Waals surface area contributed by atoms with Crippen LogP contribution in [-0.2, 0) is 0 Å². The van der Waals surface area contributed by atoms with Gasteiger partial charge in [0.15, 0.2) is 11.5 Å². The number of likely N-dealkylation sites (tertiary alicyclic amines) is 1. The summed E-state index contributed by atoms with van der Waals surface area (Å²) in [6.07, 6.45) is 1.78. The molecule has 0 bridgehead atoms. The van der Waals surface area contributed by atoms with Crippen LogP contribution < -0.4 is 15.2 Å². The second-order valence-corrected chi connectivity index (χ2v) is 5.52. The minimum Gasteiger partial charge on any atom is -0.486 e. The van der Waals surface area contributed by atoms with Crippen molar-refractivity contribution in [1.29, 1.82) is 0 Å². The SMILES string of the molecule is N[C@H](CN1CCCC1)C(O)c1ccc2c(c1)OCCO2. The quantitative estimate of drug-likeness (QED) is 0.857. The Morgan fingerprint density at radius 2 is 1.85 bits per heavy atom. The van der Waals surface area contributed by atoms with Gasteiger partial charge in [-0.05, 0) is 43.6 Å². The van der Waals surface area contributed by atoms with E-state index in [-0.39, 0.29) is 6.04 Å². The zero-order valence-corrected chi connectivity index (χ0v) is 11.6. The second kappa shape index (κ2) is 5.99. The summed E-state index contributed by atoms with van der Waals surface area (Å²) < 4.78 is 11.0. The van der Waals surface area contributed by atoms with Crippen LogP contribution in [0.1, 0.15) is 24.5 Å². The summed E-state index contributed by atoms with van der Waals surface area (Å²) in [4.78, 5) is 2.31. The summed E-state index contributed by atoms with van der Waals surface area (Å²) in [6.45, 7) is 4.02. The molecule has 20 heavy (non-hydrogen) atoms. The highest BCUT2D eigenvalue weighted by atomic mass is 16.6. The first-order valence-corrected chi connectivity index (χ1v) is 7.29. The second-order valence-electron chi connectivity index (χ2n) is 5.52. The number of benzene rings is 1. The Bertz CT molecular complexity index is 460. The first kappa shape index (κ1) is 13.7. The van der Waals surface area contributed by atoms with Gasteiger partial charge in [0.05, 0.1) is 6.10 Å². The molecule has 110 valence electrons. The normalized spacial score (nSPS) is 21.7. The van der Waals surface area contributed by atoms with Crippen LogP contribution in [0, 0.1) is 0 Å². The van der Waals surface area contributed by atoms with Crippen LogP contribution in [0.4, 0.5) is 0 Å². The van der Waals surface area contributed by atoms with Crippen molar-refractivity contribution >= 4 is 0 Å². The van der Waals surface area contributed by atoms with Crippen LogP contribution >= 0.6 is 0 Å². The number of hydrogen-bond acceptors (Lipinski definition) is 5. The Labute approximate surface area is 119 Å². The Kier molecular flexibility index (Phi) is 4.10. The summed E-state index contributed by atoms with van der Waals surface area (Å²) in [5.41, 5.74) is 6.93. The molecular formula is C15H22N2O3. The number of ether oxygens (including phenoxy) is 2. The van der Waals surface area contributed by atoms with Gasteiger partial charge in [0.25, 0.3) is 0 Å². The van der Waals surface area contributed by atoms with Gasteiger partial charge in [-0.1, -0.05) is 6.07 Å². The highest BCUT2D eigenvalue weighted by Crippen LogP contribution is 2.33. The Hall–Kier alpha value is -1.30. The van der Waals surface area contributed by atoms with Crippen molar-refractivity contribution in [2.24, 2.45) is 5.73 Å². The van der Waals surface area contributed by atoms with Gasteiger partial charge in [-0.2, -0.15) is 0 Å². The maximum Gasteiger partial charge on any atom is 0.161 e. The highest BCUT2D eigenvalue weighted by Gasteiger charge is 2.23. The van der Waals surface area contributed by atoms with E-state index in [1.807, 2.05) is 18.2 Å². The monoisotopic (exact) mass is 278 g/mol. The zero-order chi connectivity index (χ0) is 13.9. The molecular weight excluding hydrogens is 256 g/mol. The molecule has 1 unspecified atom stereocenters. The van der Waals surface area contributed by atoms with Crippen molar-refractivity contribution in [3.8, 4) is 11.5 Å². The maximum atomic E-state index is 10.4. The van der Waals surface area contributed by atoms with Crippen LogP contribution in [0.2, 0.25) is 0 Å². The number of rotatable bonds is 4. The predicted molar refractivity (Wildman–Crippen MR) is 76.0 cm³/mol. The van der Waals surface area contributed by atoms with Crippen LogP contribution in [0.15, 0.2) is 18.2 Å². The summed E-state index contributed by atoms with van der Waals surface area (Å²) in [5, 5.41) is 10.4. The molecule has 0 spiro atoms. The highest BCUT2D eigenvalue weighted by molar-refractivity contribution is 5.44. The number of aliphatic hydroxyl groups is 1. The lowest BCUT2D eigenvalue weighted by Gasteiger charge is -2.26. The first-order chi connectivity index (χ1) is 9.74. The molecule has 1 saturated heterocycles. The Balaban J connectivity index is 1.67. The van der Waals surface area contributed by atoms with Gasteiger partial charge in [-0.15, -0.1) is 0 Å². The summed E-state index contributed by atoms with van der Waals surface area (Å²) in [5.74, 6) is 1.43. The molecule has 1 aromatic rings. The van der Waals surface area contributed by atoms with E-state index < -0.39 is 6.10 Å².